The predicted octanol–water partition coefficient (Wildman–Crippen LogP) is 6.52. The lowest BCUT2D eigenvalue weighted by molar-refractivity contribution is -0.140. The van der Waals surface area contributed by atoms with Gasteiger partial charge in [0.1, 0.15) is 17.4 Å². The quantitative estimate of drug-likeness (QED) is 0.378. The minimum Gasteiger partial charge on any atom is -0.496 e. The summed E-state index contributed by atoms with van der Waals surface area (Å²) >= 11 is 0. The number of nitrogens with one attached hydrogen (secondary N) is 2. The standard InChI is InChI=1S/C23H14F8N2O3/c1-36-19-7-2-11(20(34)32-12-3-5-17(24)15(9-12)22(26,27)28)8-14(19)21(35)33-13-4-6-18(25)16(10-13)23(29,30)31/h2-10H,1H3,(H,32,34)(H,33,35). The molecule has 0 saturated heterocycles. The van der Waals surface area contributed by atoms with Gasteiger partial charge in [0.05, 0.1) is 23.8 Å². The zero-order valence-corrected chi connectivity index (χ0v) is 17.9. The van der Waals surface area contributed by atoms with Gasteiger partial charge in [0.25, 0.3) is 11.8 Å². The number of rotatable bonds is 5. The Morgan fingerprint density at radius 3 is 1.61 bits per heavy atom. The van der Waals surface area contributed by atoms with E-state index in [0.717, 1.165) is 18.2 Å². The summed E-state index contributed by atoms with van der Waals surface area (Å²) in [5.41, 5.74) is -4.57. The maximum Gasteiger partial charge on any atom is 0.419 e. The summed E-state index contributed by atoms with van der Waals surface area (Å²) in [5.74, 6) is -5.19. The first-order chi connectivity index (χ1) is 16.7. The number of alkyl halides is 6. The second kappa shape index (κ2) is 9.84. The smallest absolute Gasteiger partial charge is 0.419 e. The first kappa shape index (κ1) is 26.4. The van der Waals surface area contributed by atoms with Crippen molar-refractivity contribution >= 4 is 23.2 Å². The van der Waals surface area contributed by atoms with Crippen molar-refractivity contribution in [1.82, 2.24) is 0 Å². The van der Waals surface area contributed by atoms with Gasteiger partial charge in [0.15, 0.2) is 0 Å². The van der Waals surface area contributed by atoms with Crippen molar-refractivity contribution in [3.63, 3.8) is 0 Å². The molecular formula is C23H14F8N2O3. The normalized spacial score (nSPS) is 11.7. The monoisotopic (exact) mass is 518 g/mol. The minimum absolute atomic E-state index is 0.0941. The van der Waals surface area contributed by atoms with Crippen LogP contribution in [0, 0.1) is 11.6 Å². The largest absolute Gasteiger partial charge is 0.496 e. The van der Waals surface area contributed by atoms with Crippen LogP contribution in [0.1, 0.15) is 31.8 Å². The molecular weight excluding hydrogens is 504 g/mol. The molecule has 3 aromatic rings. The number of anilines is 2. The Hall–Kier alpha value is -4.16. The van der Waals surface area contributed by atoms with E-state index in [1.807, 2.05) is 0 Å². The molecule has 0 aromatic heterocycles. The molecule has 0 unspecified atom stereocenters. The molecule has 13 heteroatoms. The van der Waals surface area contributed by atoms with Crippen molar-refractivity contribution in [2.75, 3.05) is 17.7 Å². The zero-order chi connectivity index (χ0) is 26.8. The van der Waals surface area contributed by atoms with Gasteiger partial charge in [-0.1, -0.05) is 0 Å². The number of hydrogen-bond acceptors (Lipinski definition) is 3. The summed E-state index contributed by atoms with van der Waals surface area (Å²) in [6, 6.07) is 6.89. The van der Waals surface area contributed by atoms with Crippen molar-refractivity contribution in [3.05, 3.63) is 88.5 Å². The number of carbonyl (C=O) groups excluding carboxylic acids is 2. The molecule has 0 spiro atoms. The van der Waals surface area contributed by atoms with E-state index in [9.17, 15) is 44.7 Å². The Balaban J connectivity index is 1.88. The number of hydrogen-bond donors (Lipinski definition) is 2. The minimum atomic E-state index is -5.02. The van der Waals surface area contributed by atoms with Crippen molar-refractivity contribution < 1.29 is 49.4 Å². The topological polar surface area (TPSA) is 67.4 Å². The van der Waals surface area contributed by atoms with Crippen LogP contribution in [0.3, 0.4) is 0 Å². The summed E-state index contributed by atoms with van der Waals surface area (Å²) in [4.78, 5) is 25.3. The molecule has 0 bridgehead atoms. The summed E-state index contributed by atoms with van der Waals surface area (Å²) in [5, 5.41) is 4.27. The molecule has 0 atom stereocenters. The predicted molar refractivity (Wildman–Crippen MR) is 112 cm³/mol. The van der Waals surface area contributed by atoms with E-state index >= 15 is 0 Å². The Morgan fingerprint density at radius 2 is 1.17 bits per heavy atom. The van der Waals surface area contributed by atoms with Crippen LogP contribution in [0.15, 0.2) is 54.6 Å². The van der Waals surface area contributed by atoms with Crippen LogP contribution in [0.5, 0.6) is 5.75 Å². The van der Waals surface area contributed by atoms with Gasteiger partial charge in [0.2, 0.25) is 0 Å². The highest BCUT2D eigenvalue weighted by Gasteiger charge is 2.35. The molecule has 0 aliphatic rings. The molecule has 0 fully saturated rings. The average molecular weight is 518 g/mol. The van der Waals surface area contributed by atoms with E-state index in [4.69, 9.17) is 4.74 Å². The van der Waals surface area contributed by atoms with Crippen LogP contribution >= 0.6 is 0 Å². The van der Waals surface area contributed by atoms with Gasteiger partial charge in [-0.25, -0.2) is 8.78 Å². The third-order valence-corrected chi connectivity index (χ3v) is 4.77. The third-order valence-electron chi connectivity index (χ3n) is 4.77. The Morgan fingerprint density at radius 1 is 0.694 bits per heavy atom. The average Bonchev–Trinajstić information content (AvgIpc) is 2.79. The van der Waals surface area contributed by atoms with Crippen molar-refractivity contribution in [3.8, 4) is 5.75 Å². The van der Waals surface area contributed by atoms with Crippen LogP contribution in [-0.4, -0.2) is 18.9 Å². The fraction of sp³-hybridized carbons (Fsp3) is 0.130. The van der Waals surface area contributed by atoms with E-state index in [2.05, 4.69) is 10.6 Å². The SMILES string of the molecule is COc1ccc(C(=O)Nc2ccc(F)c(C(F)(F)F)c2)cc1C(=O)Nc1ccc(F)c(C(F)(F)F)c1. The summed E-state index contributed by atoms with van der Waals surface area (Å²) in [6.07, 6.45) is -10.0. The number of carbonyl (C=O) groups is 2. The molecule has 2 N–H and O–H groups in total. The molecule has 36 heavy (non-hydrogen) atoms. The molecule has 0 radical (unpaired) electrons. The molecule has 0 aliphatic carbocycles. The van der Waals surface area contributed by atoms with E-state index in [1.54, 1.807) is 0 Å². The van der Waals surface area contributed by atoms with Gasteiger partial charge in [-0.2, -0.15) is 26.3 Å². The van der Waals surface area contributed by atoms with Crippen molar-refractivity contribution in [2.24, 2.45) is 0 Å². The van der Waals surface area contributed by atoms with Gasteiger partial charge < -0.3 is 15.4 Å². The van der Waals surface area contributed by atoms with Crippen molar-refractivity contribution in [2.45, 2.75) is 12.4 Å². The third kappa shape index (κ3) is 5.90. The Kier molecular flexibility index (Phi) is 7.22. The summed E-state index contributed by atoms with van der Waals surface area (Å²) in [6.45, 7) is 0. The highest BCUT2D eigenvalue weighted by molar-refractivity contribution is 6.10. The van der Waals surface area contributed by atoms with Gasteiger partial charge in [-0.15, -0.1) is 0 Å². The molecule has 3 aromatic carbocycles. The molecule has 3 rings (SSSR count). The maximum atomic E-state index is 13.5. The maximum absolute atomic E-state index is 13.5. The van der Waals surface area contributed by atoms with E-state index in [0.29, 0.717) is 24.3 Å². The summed E-state index contributed by atoms with van der Waals surface area (Å²) in [7, 11) is 1.17. The first-order valence-corrected chi connectivity index (χ1v) is 9.75. The highest BCUT2D eigenvalue weighted by atomic mass is 19.4. The molecule has 5 nitrogen and oxygen atoms in total. The van der Waals surface area contributed by atoms with Crippen LogP contribution in [0.2, 0.25) is 0 Å². The zero-order valence-electron chi connectivity index (χ0n) is 17.9. The summed E-state index contributed by atoms with van der Waals surface area (Å²) < 4.78 is 110. The van der Waals surface area contributed by atoms with Gasteiger partial charge >= 0.3 is 12.4 Å². The van der Waals surface area contributed by atoms with Crippen LogP contribution in [-0.2, 0) is 12.4 Å². The van der Waals surface area contributed by atoms with E-state index < -0.39 is 52.6 Å². The molecule has 2 amide bonds. The van der Waals surface area contributed by atoms with Gasteiger partial charge in [-0.05, 0) is 54.6 Å². The van der Waals surface area contributed by atoms with Crippen molar-refractivity contribution in [1.29, 1.82) is 0 Å². The molecule has 190 valence electrons. The van der Waals surface area contributed by atoms with Gasteiger partial charge in [-0.3, -0.25) is 9.59 Å². The highest BCUT2D eigenvalue weighted by Crippen LogP contribution is 2.34. The Bertz CT molecular complexity index is 1320. The van der Waals surface area contributed by atoms with Crippen LogP contribution < -0.4 is 15.4 Å². The molecule has 0 aliphatic heterocycles. The number of ether oxygens (including phenoxy) is 1. The number of methoxy groups -OCH3 is 1. The van der Waals surface area contributed by atoms with Crippen LogP contribution in [0.25, 0.3) is 0 Å². The van der Waals surface area contributed by atoms with E-state index in [1.165, 1.54) is 19.2 Å². The lowest BCUT2D eigenvalue weighted by Gasteiger charge is -2.14. The fourth-order valence-corrected chi connectivity index (χ4v) is 3.07. The lowest BCUT2D eigenvalue weighted by atomic mass is 10.1. The second-order valence-corrected chi connectivity index (χ2v) is 7.21. The Labute approximate surface area is 197 Å². The molecule has 0 saturated carbocycles. The fourth-order valence-electron chi connectivity index (χ4n) is 3.07. The molecule has 0 heterocycles. The van der Waals surface area contributed by atoms with Crippen LogP contribution in [0.4, 0.5) is 46.5 Å². The van der Waals surface area contributed by atoms with Gasteiger partial charge in [0, 0.05) is 16.9 Å². The second-order valence-electron chi connectivity index (χ2n) is 7.21. The number of benzene rings is 3. The lowest BCUT2D eigenvalue weighted by Crippen LogP contribution is -2.18. The van der Waals surface area contributed by atoms with E-state index in [-0.39, 0.29) is 22.6 Å². The first-order valence-electron chi connectivity index (χ1n) is 9.75. The number of halogens is 8. The number of amides is 2.